The number of imide groups is 1. The van der Waals surface area contributed by atoms with Gasteiger partial charge in [0.2, 0.25) is 5.91 Å². The smallest absolute Gasteiger partial charge is 0.257 e. The van der Waals surface area contributed by atoms with E-state index >= 15 is 0 Å². The number of amides is 3. The summed E-state index contributed by atoms with van der Waals surface area (Å²) in [6.07, 6.45) is 0.123. The van der Waals surface area contributed by atoms with Crippen LogP contribution in [0.3, 0.4) is 0 Å². The Kier molecular flexibility index (Phi) is 7.71. The van der Waals surface area contributed by atoms with Crippen molar-refractivity contribution in [2.75, 3.05) is 32.8 Å². The van der Waals surface area contributed by atoms with Crippen LogP contribution >= 0.6 is 0 Å². The molecular formula is C28H27FN2O6. The number of rotatable bonds is 9. The summed E-state index contributed by atoms with van der Waals surface area (Å²) in [5.74, 6) is -0.716. The van der Waals surface area contributed by atoms with Crippen molar-refractivity contribution in [3.05, 3.63) is 83.7 Å². The number of halogens is 1. The fourth-order valence-corrected chi connectivity index (χ4v) is 4.34. The molecule has 1 atom stereocenters. The standard InChI is InChI=1S/C28H27FN2O6/c1-35-20-11-9-19(10-12-20)31-26(32)17-23(28(31)34)30(27(33)21-6-4-5-7-22(21)29)15-14-18-8-13-24(36-2)25(16-18)37-3/h4-13,16,23H,14-15,17H2,1-3H3. The number of ether oxygens (including phenoxy) is 3. The lowest BCUT2D eigenvalue weighted by atomic mass is 10.1. The summed E-state index contributed by atoms with van der Waals surface area (Å²) >= 11 is 0. The Bertz CT molecular complexity index is 1310. The molecule has 4 rings (SSSR count). The van der Waals surface area contributed by atoms with Gasteiger partial charge in [-0.3, -0.25) is 14.4 Å². The predicted molar refractivity (Wildman–Crippen MR) is 135 cm³/mol. The van der Waals surface area contributed by atoms with Gasteiger partial charge >= 0.3 is 0 Å². The average molecular weight is 507 g/mol. The maximum atomic E-state index is 14.6. The second-order valence-corrected chi connectivity index (χ2v) is 8.40. The molecule has 0 aliphatic carbocycles. The molecule has 1 aliphatic rings. The van der Waals surface area contributed by atoms with Crippen LogP contribution in [0.2, 0.25) is 0 Å². The highest BCUT2D eigenvalue weighted by Gasteiger charge is 2.44. The second kappa shape index (κ2) is 11.1. The van der Waals surface area contributed by atoms with Crippen LogP contribution in [0.15, 0.2) is 66.7 Å². The van der Waals surface area contributed by atoms with E-state index in [-0.39, 0.29) is 18.5 Å². The molecule has 3 aromatic rings. The van der Waals surface area contributed by atoms with Crippen LogP contribution < -0.4 is 19.1 Å². The SMILES string of the molecule is COc1ccc(N2C(=O)CC(N(CCc3ccc(OC)c(OC)c3)C(=O)c3ccccc3F)C2=O)cc1. The van der Waals surface area contributed by atoms with E-state index in [1.54, 1.807) is 42.5 Å². The van der Waals surface area contributed by atoms with Gasteiger partial charge < -0.3 is 19.1 Å². The lowest BCUT2D eigenvalue weighted by molar-refractivity contribution is -0.122. The first-order valence-corrected chi connectivity index (χ1v) is 11.6. The van der Waals surface area contributed by atoms with E-state index in [9.17, 15) is 18.8 Å². The summed E-state index contributed by atoms with van der Waals surface area (Å²) in [6.45, 7) is 0.0722. The molecule has 0 spiro atoms. The predicted octanol–water partition coefficient (Wildman–Crippen LogP) is 3.87. The van der Waals surface area contributed by atoms with Crippen LogP contribution in [-0.4, -0.2) is 56.5 Å². The van der Waals surface area contributed by atoms with Crippen molar-refractivity contribution in [3.63, 3.8) is 0 Å². The number of anilines is 1. The molecule has 9 heteroatoms. The number of hydrogen-bond acceptors (Lipinski definition) is 6. The molecule has 37 heavy (non-hydrogen) atoms. The molecule has 3 aromatic carbocycles. The third-order valence-electron chi connectivity index (χ3n) is 6.28. The van der Waals surface area contributed by atoms with Gasteiger partial charge in [-0.05, 0) is 60.5 Å². The average Bonchev–Trinajstić information content (AvgIpc) is 3.21. The molecule has 3 amide bonds. The lowest BCUT2D eigenvalue weighted by Crippen LogP contribution is -2.46. The number of nitrogens with zero attached hydrogens (tertiary/aromatic N) is 2. The molecule has 1 unspecified atom stereocenters. The first-order valence-electron chi connectivity index (χ1n) is 11.6. The van der Waals surface area contributed by atoms with E-state index in [1.165, 1.54) is 44.4 Å². The van der Waals surface area contributed by atoms with Crippen molar-refractivity contribution in [1.82, 2.24) is 4.90 Å². The van der Waals surface area contributed by atoms with Crippen LogP contribution in [0.4, 0.5) is 10.1 Å². The Morgan fingerprint density at radius 1 is 0.946 bits per heavy atom. The molecular weight excluding hydrogens is 479 g/mol. The Morgan fingerprint density at radius 3 is 2.30 bits per heavy atom. The van der Waals surface area contributed by atoms with Crippen LogP contribution in [0.5, 0.6) is 17.2 Å². The largest absolute Gasteiger partial charge is 0.497 e. The van der Waals surface area contributed by atoms with Crippen LogP contribution in [0.1, 0.15) is 22.3 Å². The summed E-state index contributed by atoms with van der Waals surface area (Å²) in [4.78, 5) is 42.3. The van der Waals surface area contributed by atoms with Gasteiger partial charge in [0.25, 0.3) is 11.8 Å². The minimum atomic E-state index is -1.08. The van der Waals surface area contributed by atoms with Gasteiger partial charge in [-0.15, -0.1) is 0 Å². The Hall–Kier alpha value is -4.40. The summed E-state index contributed by atoms with van der Waals surface area (Å²) in [5.41, 5.74) is 1.02. The topological polar surface area (TPSA) is 85.4 Å². The highest BCUT2D eigenvalue weighted by atomic mass is 19.1. The zero-order valence-corrected chi connectivity index (χ0v) is 20.8. The van der Waals surface area contributed by atoms with E-state index < -0.39 is 29.6 Å². The third kappa shape index (κ3) is 5.25. The van der Waals surface area contributed by atoms with Gasteiger partial charge in [-0.2, -0.15) is 0 Å². The zero-order chi connectivity index (χ0) is 26.5. The van der Waals surface area contributed by atoms with E-state index in [0.717, 1.165) is 10.5 Å². The maximum absolute atomic E-state index is 14.6. The molecule has 0 bridgehead atoms. The maximum Gasteiger partial charge on any atom is 0.257 e. The third-order valence-corrected chi connectivity index (χ3v) is 6.28. The summed E-state index contributed by atoms with van der Waals surface area (Å²) in [5, 5.41) is 0. The summed E-state index contributed by atoms with van der Waals surface area (Å²) in [6, 6.07) is 16.3. The molecule has 8 nitrogen and oxygen atoms in total. The van der Waals surface area contributed by atoms with Crippen molar-refractivity contribution in [2.45, 2.75) is 18.9 Å². The zero-order valence-electron chi connectivity index (χ0n) is 20.8. The fourth-order valence-electron chi connectivity index (χ4n) is 4.34. The highest BCUT2D eigenvalue weighted by Crippen LogP contribution is 2.30. The van der Waals surface area contributed by atoms with Gasteiger partial charge in [-0.1, -0.05) is 18.2 Å². The highest BCUT2D eigenvalue weighted by molar-refractivity contribution is 6.23. The van der Waals surface area contributed by atoms with Crippen LogP contribution in [0.25, 0.3) is 0 Å². The lowest BCUT2D eigenvalue weighted by Gasteiger charge is -2.28. The minimum absolute atomic E-state index is 0.0722. The molecule has 1 saturated heterocycles. The minimum Gasteiger partial charge on any atom is -0.497 e. The Labute approximate surface area is 214 Å². The normalized spacial score (nSPS) is 15.0. The van der Waals surface area contributed by atoms with Gasteiger partial charge in [0.05, 0.1) is 39.0 Å². The number of benzene rings is 3. The van der Waals surface area contributed by atoms with Crippen molar-refractivity contribution in [2.24, 2.45) is 0 Å². The van der Waals surface area contributed by atoms with Crippen molar-refractivity contribution in [3.8, 4) is 17.2 Å². The van der Waals surface area contributed by atoms with E-state index in [1.807, 2.05) is 6.07 Å². The second-order valence-electron chi connectivity index (χ2n) is 8.40. The molecule has 0 N–H and O–H groups in total. The molecule has 192 valence electrons. The van der Waals surface area contributed by atoms with Gasteiger partial charge in [-0.25, -0.2) is 9.29 Å². The first kappa shape index (κ1) is 25.7. The van der Waals surface area contributed by atoms with Gasteiger partial charge in [0.15, 0.2) is 11.5 Å². The monoisotopic (exact) mass is 506 g/mol. The van der Waals surface area contributed by atoms with Crippen LogP contribution in [0, 0.1) is 5.82 Å². The van der Waals surface area contributed by atoms with Gasteiger partial charge in [0, 0.05) is 6.54 Å². The fraction of sp³-hybridized carbons (Fsp3) is 0.250. The molecule has 0 radical (unpaired) electrons. The van der Waals surface area contributed by atoms with Crippen LogP contribution in [-0.2, 0) is 16.0 Å². The van der Waals surface area contributed by atoms with Crippen molar-refractivity contribution in [1.29, 1.82) is 0 Å². The molecule has 1 fully saturated rings. The summed E-state index contributed by atoms with van der Waals surface area (Å²) < 4.78 is 30.3. The van der Waals surface area contributed by atoms with Crippen molar-refractivity contribution >= 4 is 23.4 Å². The number of carbonyl (C=O) groups excluding carboxylic acids is 3. The number of hydrogen-bond donors (Lipinski definition) is 0. The molecule has 0 aromatic heterocycles. The first-order chi connectivity index (χ1) is 17.9. The molecule has 1 heterocycles. The van der Waals surface area contributed by atoms with Gasteiger partial charge in [0.1, 0.15) is 17.6 Å². The Morgan fingerprint density at radius 2 is 1.65 bits per heavy atom. The summed E-state index contributed by atoms with van der Waals surface area (Å²) in [7, 11) is 4.57. The number of carbonyl (C=O) groups is 3. The van der Waals surface area contributed by atoms with E-state index in [4.69, 9.17) is 14.2 Å². The number of methoxy groups -OCH3 is 3. The van der Waals surface area contributed by atoms with E-state index in [0.29, 0.717) is 29.4 Å². The quantitative estimate of drug-likeness (QED) is 0.410. The van der Waals surface area contributed by atoms with E-state index in [2.05, 4.69) is 0 Å². The Balaban J connectivity index is 1.64. The van der Waals surface area contributed by atoms with Crippen molar-refractivity contribution < 1.29 is 33.0 Å². The molecule has 0 saturated carbocycles. The molecule has 1 aliphatic heterocycles.